The SMILES string of the molecule is CON(C)S(=O)(=O)c1ccc(NC(=O)C2CCN(C(=O)c3ccc(Cl)cc3)CC2)cc1. The van der Waals surface area contributed by atoms with Gasteiger partial charge in [-0.2, -0.15) is 0 Å². The molecule has 1 heterocycles. The predicted molar refractivity (Wildman–Crippen MR) is 117 cm³/mol. The Morgan fingerprint density at radius 2 is 1.65 bits per heavy atom. The number of nitrogens with one attached hydrogen (secondary N) is 1. The zero-order chi connectivity index (χ0) is 22.6. The monoisotopic (exact) mass is 465 g/mol. The summed E-state index contributed by atoms with van der Waals surface area (Å²) in [4.78, 5) is 31.7. The van der Waals surface area contributed by atoms with E-state index in [4.69, 9.17) is 16.4 Å². The summed E-state index contributed by atoms with van der Waals surface area (Å²) in [7, 11) is -1.18. The van der Waals surface area contributed by atoms with E-state index >= 15 is 0 Å². The Kier molecular flexibility index (Phi) is 7.32. The van der Waals surface area contributed by atoms with Crippen LogP contribution in [0.1, 0.15) is 23.2 Å². The van der Waals surface area contributed by atoms with Crippen molar-refractivity contribution in [3.8, 4) is 0 Å². The number of rotatable bonds is 6. The molecule has 1 aliphatic heterocycles. The summed E-state index contributed by atoms with van der Waals surface area (Å²) in [6.07, 6.45) is 1.10. The van der Waals surface area contributed by atoms with Crippen LogP contribution in [-0.4, -0.2) is 56.8 Å². The van der Waals surface area contributed by atoms with Crippen LogP contribution in [-0.2, 0) is 19.7 Å². The average Bonchev–Trinajstić information content (AvgIpc) is 2.79. The highest BCUT2D eigenvalue weighted by Crippen LogP contribution is 2.23. The number of carbonyl (C=O) groups excluding carboxylic acids is 2. The first-order chi connectivity index (χ1) is 14.7. The second-order valence-electron chi connectivity index (χ2n) is 7.18. The van der Waals surface area contributed by atoms with Gasteiger partial charge in [0.1, 0.15) is 0 Å². The lowest BCUT2D eigenvalue weighted by atomic mass is 9.95. The van der Waals surface area contributed by atoms with Gasteiger partial charge in [-0.3, -0.25) is 14.4 Å². The third-order valence-electron chi connectivity index (χ3n) is 5.26. The fourth-order valence-electron chi connectivity index (χ4n) is 3.32. The van der Waals surface area contributed by atoms with Gasteiger partial charge in [-0.05, 0) is 61.4 Å². The lowest BCUT2D eigenvalue weighted by molar-refractivity contribution is -0.121. The van der Waals surface area contributed by atoms with Crippen molar-refractivity contribution in [2.24, 2.45) is 5.92 Å². The predicted octanol–water partition coefficient (Wildman–Crippen LogP) is 3.01. The van der Waals surface area contributed by atoms with E-state index in [-0.39, 0.29) is 22.6 Å². The molecule has 1 saturated heterocycles. The van der Waals surface area contributed by atoms with Crippen molar-refractivity contribution >= 4 is 39.1 Å². The highest BCUT2D eigenvalue weighted by Gasteiger charge is 2.28. The number of halogens is 1. The summed E-state index contributed by atoms with van der Waals surface area (Å²) >= 11 is 5.87. The van der Waals surface area contributed by atoms with E-state index in [2.05, 4.69) is 5.32 Å². The minimum atomic E-state index is -3.74. The fraction of sp³-hybridized carbons (Fsp3) is 0.333. The molecule has 0 atom stereocenters. The zero-order valence-corrected chi connectivity index (χ0v) is 18.8. The number of benzene rings is 2. The Hall–Kier alpha value is -2.46. The van der Waals surface area contributed by atoms with Crippen LogP contribution in [0.4, 0.5) is 5.69 Å². The number of hydrogen-bond donors (Lipinski definition) is 1. The summed E-state index contributed by atoms with van der Waals surface area (Å²) in [6, 6.07) is 12.6. The number of hydroxylamine groups is 1. The van der Waals surface area contributed by atoms with Crippen LogP contribution in [0.3, 0.4) is 0 Å². The van der Waals surface area contributed by atoms with Crippen molar-refractivity contribution < 1.29 is 22.8 Å². The van der Waals surface area contributed by atoms with Gasteiger partial charge < -0.3 is 10.2 Å². The van der Waals surface area contributed by atoms with Gasteiger partial charge in [-0.1, -0.05) is 16.1 Å². The molecule has 8 nitrogen and oxygen atoms in total. The summed E-state index contributed by atoms with van der Waals surface area (Å²) in [5, 5.41) is 3.39. The maximum atomic E-state index is 12.6. The van der Waals surface area contributed by atoms with E-state index < -0.39 is 10.0 Å². The molecule has 1 aliphatic rings. The second-order valence-corrected chi connectivity index (χ2v) is 9.56. The van der Waals surface area contributed by atoms with Gasteiger partial charge >= 0.3 is 0 Å². The molecule has 2 aromatic rings. The standard InChI is InChI=1S/C21H24ClN3O5S/c1-24(30-2)31(28,29)19-9-7-18(8-10-19)23-20(26)15-11-13-25(14-12-15)21(27)16-3-5-17(22)6-4-16/h3-10,15H,11-14H2,1-2H3,(H,23,26). The number of likely N-dealkylation sites (tertiary alicyclic amines) is 1. The van der Waals surface area contributed by atoms with Crippen molar-refractivity contribution in [2.45, 2.75) is 17.7 Å². The molecule has 0 saturated carbocycles. The molecule has 0 spiro atoms. The average molecular weight is 466 g/mol. The number of piperidine rings is 1. The van der Waals surface area contributed by atoms with Crippen LogP contribution >= 0.6 is 11.6 Å². The molecule has 0 bridgehead atoms. The Bertz CT molecular complexity index is 1030. The summed E-state index contributed by atoms with van der Waals surface area (Å²) in [6.45, 7) is 0.972. The summed E-state index contributed by atoms with van der Waals surface area (Å²) in [5.74, 6) is -0.450. The number of anilines is 1. The van der Waals surface area contributed by atoms with Gasteiger partial charge in [0.05, 0.1) is 12.0 Å². The van der Waals surface area contributed by atoms with Crippen molar-refractivity contribution in [3.63, 3.8) is 0 Å². The van der Waals surface area contributed by atoms with E-state index in [1.54, 1.807) is 29.2 Å². The van der Waals surface area contributed by atoms with Crippen LogP contribution in [0.5, 0.6) is 0 Å². The number of carbonyl (C=O) groups is 2. The van der Waals surface area contributed by atoms with Gasteiger partial charge in [-0.15, -0.1) is 0 Å². The van der Waals surface area contributed by atoms with Gasteiger partial charge in [0.15, 0.2) is 0 Å². The number of nitrogens with zero attached hydrogens (tertiary/aromatic N) is 2. The number of hydrogen-bond acceptors (Lipinski definition) is 5. The topological polar surface area (TPSA) is 96.0 Å². The van der Waals surface area contributed by atoms with E-state index in [1.807, 2.05) is 0 Å². The number of amides is 2. The largest absolute Gasteiger partial charge is 0.339 e. The molecule has 3 rings (SSSR count). The van der Waals surface area contributed by atoms with Gasteiger partial charge in [-0.25, -0.2) is 8.42 Å². The molecule has 1 fully saturated rings. The molecule has 1 N–H and O–H groups in total. The molecule has 31 heavy (non-hydrogen) atoms. The van der Waals surface area contributed by atoms with E-state index in [0.717, 1.165) is 4.47 Å². The van der Waals surface area contributed by atoms with Crippen molar-refractivity contribution in [1.29, 1.82) is 0 Å². The third-order valence-corrected chi connectivity index (χ3v) is 7.21. The Balaban J connectivity index is 1.55. The quantitative estimate of drug-likeness (QED) is 0.661. The zero-order valence-electron chi connectivity index (χ0n) is 17.2. The highest BCUT2D eigenvalue weighted by atomic mass is 35.5. The van der Waals surface area contributed by atoms with Crippen molar-refractivity contribution in [3.05, 3.63) is 59.1 Å². The molecular weight excluding hydrogens is 442 g/mol. The molecule has 10 heteroatoms. The Morgan fingerprint density at radius 3 is 2.19 bits per heavy atom. The maximum Gasteiger partial charge on any atom is 0.264 e. The highest BCUT2D eigenvalue weighted by molar-refractivity contribution is 7.89. The van der Waals surface area contributed by atoms with Crippen molar-refractivity contribution in [2.75, 3.05) is 32.6 Å². The first-order valence-electron chi connectivity index (χ1n) is 9.71. The molecule has 0 aliphatic carbocycles. The molecule has 2 amide bonds. The Morgan fingerprint density at radius 1 is 1.06 bits per heavy atom. The van der Waals surface area contributed by atoms with E-state index in [9.17, 15) is 18.0 Å². The first-order valence-corrected chi connectivity index (χ1v) is 11.5. The van der Waals surface area contributed by atoms with Gasteiger partial charge in [0, 0.05) is 42.3 Å². The molecule has 166 valence electrons. The minimum Gasteiger partial charge on any atom is -0.339 e. The normalized spacial score (nSPS) is 15.2. The second kappa shape index (κ2) is 9.78. The van der Waals surface area contributed by atoms with Crippen LogP contribution in [0.25, 0.3) is 0 Å². The molecule has 2 aromatic carbocycles. The maximum absolute atomic E-state index is 12.6. The molecule has 0 radical (unpaired) electrons. The summed E-state index contributed by atoms with van der Waals surface area (Å²) < 4.78 is 25.2. The molecular formula is C21H24ClN3O5S. The van der Waals surface area contributed by atoms with Crippen LogP contribution < -0.4 is 5.32 Å². The third kappa shape index (κ3) is 5.43. The van der Waals surface area contributed by atoms with Crippen LogP contribution in [0, 0.1) is 5.92 Å². The first kappa shape index (κ1) is 23.2. The van der Waals surface area contributed by atoms with Gasteiger partial charge in [0.25, 0.3) is 15.9 Å². The fourth-order valence-corrected chi connectivity index (χ4v) is 4.42. The van der Waals surface area contributed by atoms with Crippen LogP contribution in [0.2, 0.25) is 5.02 Å². The Labute approximate surface area is 186 Å². The smallest absolute Gasteiger partial charge is 0.264 e. The summed E-state index contributed by atoms with van der Waals surface area (Å²) in [5.41, 5.74) is 1.07. The lowest BCUT2D eigenvalue weighted by Gasteiger charge is -2.31. The van der Waals surface area contributed by atoms with Crippen molar-refractivity contribution in [1.82, 2.24) is 9.37 Å². The van der Waals surface area contributed by atoms with Crippen LogP contribution in [0.15, 0.2) is 53.4 Å². The lowest BCUT2D eigenvalue weighted by Crippen LogP contribution is -2.41. The van der Waals surface area contributed by atoms with E-state index in [0.29, 0.717) is 42.2 Å². The molecule has 0 aromatic heterocycles. The minimum absolute atomic E-state index is 0.0591. The number of sulfonamides is 1. The van der Waals surface area contributed by atoms with E-state index in [1.165, 1.54) is 38.4 Å². The van der Waals surface area contributed by atoms with Gasteiger partial charge in [0.2, 0.25) is 5.91 Å². The molecule has 0 unspecified atom stereocenters.